The number of piperazine rings is 1. The smallest absolute Gasteiger partial charge is 0.410 e. The molecule has 2 fully saturated rings. The molecular formula is C32H44N4O5. The Morgan fingerprint density at radius 2 is 1.54 bits per heavy atom. The molecule has 0 spiro atoms. The summed E-state index contributed by atoms with van der Waals surface area (Å²) in [6.07, 6.45) is 1.78. The quantitative estimate of drug-likeness (QED) is 0.468. The second-order valence-corrected chi connectivity index (χ2v) is 11.7. The van der Waals surface area contributed by atoms with E-state index in [4.69, 9.17) is 9.47 Å². The molecular weight excluding hydrogens is 520 g/mol. The van der Waals surface area contributed by atoms with E-state index in [1.165, 1.54) is 0 Å². The van der Waals surface area contributed by atoms with Gasteiger partial charge < -0.3 is 24.6 Å². The fourth-order valence-corrected chi connectivity index (χ4v) is 5.47. The minimum absolute atomic E-state index is 0.0754. The first-order chi connectivity index (χ1) is 19.6. The van der Waals surface area contributed by atoms with Gasteiger partial charge in [0.1, 0.15) is 5.60 Å². The van der Waals surface area contributed by atoms with E-state index in [9.17, 15) is 14.4 Å². The zero-order chi connectivity index (χ0) is 29.4. The van der Waals surface area contributed by atoms with Gasteiger partial charge in [-0.1, -0.05) is 30.3 Å². The number of carbonyl (C=O) groups is 3. The van der Waals surface area contributed by atoms with Crippen molar-refractivity contribution in [2.24, 2.45) is 0 Å². The van der Waals surface area contributed by atoms with Crippen molar-refractivity contribution in [3.63, 3.8) is 0 Å². The Bertz CT molecular complexity index is 1150. The van der Waals surface area contributed by atoms with Crippen molar-refractivity contribution in [2.45, 2.75) is 64.6 Å². The van der Waals surface area contributed by atoms with Crippen LogP contribution in [0, 0.1) is 0 Å². The predicted octanol–water partition coefficient (Wildman–Crippen LogP) is 4.63. The minimum atomic E-state index is -0.471. The van der Waals surface area contributed by atoms with Crippen LogP contribution in [-0.2, 0) is 14.3 Å². The molecule has 2 aliphatic rings. The van der Waals surface area contributed by atoms with E-state index in [-0.39, 0.29) is 24.4 Å². The lowest BCUT2D eigenvalue weighted by molar-refractivity contribution is -0.143. The molecule has 2 amide bonds. The molecule has 1 unspecified atom stereocenters. The van der Waals surface area contributed by atoms with E-state index in [1.807, 2.05) is 80.3 Å². The van der Waals surface area contributed by atoms with Crippen molar-refractivity contribution in [1.82, 2.24) is 15.1 Å². The summed E-state index contributed by atoms with van der Waals surface area (Å²) in [7, 11) is 0. The van der Waals surface area contributed by atoms with Crippen molar-refractivity contribution in [3.05, 3.63) is 65.7 Å². The number of rotatable bonds is 8. The summed E-state index contributed by atoms with van der Waals surface area (Å²) in [5.41, 5.74) is 2.03. The maximum atomic E-state index is 13.1. The Kier molecular flexibility index (Phi) is 10.3. The number of likely N-dealkylation sites (tertiary alicyclic amines) is 1. The van der Waals surface area contributed by atoms with Crippen LogP contribution in [0.15, 0.2) is 54.6 Å². The highest BCUT2D eigenvalue weighted by atomic mass is 16.6. The number of hydrogen-bond acceptors (Lipinski definition) is 7. The maximum Gasteiger partial charge on any atom is 0.410 e. The molecule has 2 saturated heterocycles. The molecule has 0 aliphatic carbocycles. The lowest BCUT2D eigenvalue weighted by Gasteiger charge is -2.43. The first-order valence-corrected chi connectivity index (χ1v) is 14.7. The zero-order valence-corrected chi connectivity index (χ0v) is 24.8. The molecule has 1 atom stereocenters. The van der Waals surface area contributed by atoms with Crippen molar-refractivity contribution in [3.8, 4) is 0 Å². The number of amides is 2. The van der Waals surface area contributed by atoms with Gasteiger partial charge in [0.15, 0.2) is 0 Å². The van der Waals surface area contributed by atoms with Crippen molar-refractivity contribution < 1.29 is 23.9 Å². The number of nitrogens with zero attached hydrogens (tertiary/aromatic N) is 3. The number of piperidine rings is 1. The summed E-state index contributed by atoms with van der Waals surface area (Å²) in [4.78, 5) is 44.4. The topological polar surface area (TPSA) is 91.4 Å². The van der Waals surface area contributed by atoms with Gasteiger partial charge >= 0.3 is 12.1 Å². The van der Waals surface area contributed by atoms with Crippen LogP contribution in [0.5, 0.6) is 0 Å². The molecule has 2 aromatic rings. The van der Waals surface area contributed by atoms with Crippen molar-refractivity contribution in [1.29, 1.82) is 0 Å². The third kappa shape index (κ3) is 8.70. The highest BCUT2D eigenvalue weighted by Crippen LogP contribution is 2.24. The van der Waals surface area contributed by atoms with Crippen LogP contribution >= 0.6 is 0 Å². The zero-order valence-electron chi connectivity index (χ0n) is 24.8. The molecule has 0 saturated carbocycles. The van der Waals surface area contributed by atoms with Gasteiger partial charge in [-0.15, -0.1) is 0 Å². The first-order valence-electron chi connectivity index (χ1n) is 14.7. The van der Waals surface area contributed by atoms with E-state index in [1.54, 1.807) is 6.92 Å². The van der Waals surface area contributed by atoms with Gasteiger partial charge in [-0.05, 0) is 70.4 Å². The van der Waals surface area contributed by atoms with Gasteiger partial charge in [0.05, 0.1) is 19.1 Å². The van der Waals surface area contributed by atoms with E-state index in [2.05, 4.69) is 15.1 Å². The van der Waals surface area contributed by atoms with Crippen LogP contribution in [0.1, 0.15) is 68.9 Å². The molecule has 2 heterocycles. The summed E-state index contributed by atoms with van der Waals surface area (Å²) in [5.74, 6) is -0.568. The van der Waals surface area contributed by atoms with Gasteiger partial charge in [-0.25, -0.2) is 4.79 Å². The van der Waals surface area contributed by atoms with Crippen LogP contribution in [-0.4, -0.2) is 85.3 Å². The van der Waals surface area contributed by atoms with Crippen LogP contribution in [0.25, 0.3) is 0 Å². The molecule has 0 radical (unpaired) electrons. The summed E-state index contributed by atoms with van der Waals surface area (Å²) in [5, 5.41) is 3.01. The minimum Gasteiger partial charge on any atom is -0.466 e. The molecule has 2 aromatic carbocycles. The molecule has 9 heteroatoms. The van der Waals surface area contributed by atoms with E-state index in [0.717, 1.165) is 63.4 Å². The lowest BCUT2D eigenvalue weighted by atomic mass is 10.0. The third-order valence-corrected chi connectivity index (χ3v) is 7.62. The average molecular weight is 565 g/mol. The Hall–Kier alpha value is -3.59. The van der Waals surface area contributed by atoms with Crippen LogP contribution in [0.4, 0.5) is 10.5 Å². The summed E-state index contributed by atoms with van der Waals surface area (Å²) in [6.45, 7) is 13.0. The lowest BCUT2D eigenvalue weighted by Crippen LogP contribution is -2.54. The second kappa shape index (κ2) is 13.9. The number of hydrogen-bond donors (Lipinski definition) is 1. The highest BCUT2D eigenvalue weighted by Gasteiger charge is 2.31. The summed E-state index contributed by atoms with van der Waals surface area (Å²) in [6, 6.07) is 17.2. The SMILES string of the molecule is CCOC(=O)CC(NC(=O)c1ccc(N2CCN(C3CCN(C(=O)OC(C)(C)C)CC3)CC2)cc1)c1ccccc1. The highest BCUT2D eigenvalue weighted by molar-refractivity contribution is 5.95. The number of nitrogens with one attached hydrogen (secondary N) is 1. The Balaban J connectivity index is 1.27. The predicted molar refractivity (Wildman–Crippen MR) is 159 cm³/mol. The van der Waals surface area contributed by atoms with E-state index >= 15 is 0 Å². The molecule has 1 N–H and O–H groups in total. The standard InChI is InChI=1S/C32H44N4O5/c1-5-40-29(37)23-28(24-9-7-6-8-10-24)33-30(38)25-11-13-26(14-12-25)34-19-21-35(22-20-34)27-15-17-36(18-16-27)31(39)41-32(2,3)4/h6-14,27-28H,5,15-23H2,1-4H3,(H,33,38). The summed E-state index contributed by atoms with van der Waals surface area (Å²) >= 11 is 0. The fraction of sp³-hybridized carbons (Fsp3) is 0.531. The fourth-order valence-electron chi connectivity index (χ4n) is 5.47. The van der Waals surface area contributed by atoms with E-state index in [0.29, 0.717) is 18.2 Å². The molecule has 41 heavy (non-hydrogen) atoms. The Labute approximate surface area is 243 Å². The van der Waals surface area contributed by atoms with Gasteiger partial charge in [0.2, 0.25) is 0 Å². The van der Waals surface area contributed by atoms with Crippen LogP contribution < -0.4 is 10.2 Å². The van der Waals surface area contributed by atoms with Crippen LogP contribution in [0.2, 0.25) is 0 Å². The molecule has 0 bridgehead atoms. The summed E-state index contributed by atoms with van der Waals surface area (Å²) < 4.78 is 10.7. The number of ether oxygens (including phenoxy) is 2. The third-order valence-electron chi connectivity index (χ3n) is 7.62. The van der Waals surface area contributed by atoms with Gasteiger partial charge in [-0.3, -0.25) is 14.5 Å². The van der Waals surface area contributed by atoms with Gasteiger partial charge in [0.25, 0.3) is 5.91 Å². The molecule has 9 nitrogen and oxygen atoms in total. The number of esters is 1. The largest absolute Gasteiger partial charge is 0.466 e. The molecule has 222 valence electrons. The average Bonchev–Trinajstić information content (AvgIpc) is 2.97. The van der Waals surface area contributed by atoms with E-state index < -0.39 is 11.6 Å². The Morgan fingerprint density at radius 3 is 2.12 bits per heavy atom. The van der Waals surface area contributed by atoms with Crippen molar-refractivity contribution in [2.75, 3.05) is 50.8 Å². The van der Waals surface area contributed by atoms with Gasteiger partial charge in [0, 0.05) is 56.6 Å². The molecule has 2 aliphatic heterocycles. The maximum absolute atomic E-state index is 13.1. The number of anilines is 1. The normalized spacial score (nSPS) is 17.6. The van der Waals surface area contributed by atoms with Gasteiger partial charge in [-0.2, -0.15) is 0 Å². The monoisotopic (exact) mass is 564 g/mol. The Morgan fingerprint density at radius 1 is 0.902 bits per heavy atom. The van der Waals surface area contributed by atoms with Crippen LogP contribution in [0.3, 0.4) is 0 Å². The molecule has 0 aromatic heterocycles. The number of carbonyl (C=O) groups excluding carboxylic acids is 3. The first kappa shape index (κ1) is 30.4. The van der Waals surface area contributed by atoms with Crippen molar-refractivity contribution >= 4 is 23.7 Å². The second-order valence-electron chi connectivity index (χ2n) is 11.7. The number of benzene rings is 2. The molecule has 4 rings (SSSR count).